The third-order valence-electron chi connectivity index (χ3n) is 6.55. The maximum atomic E-state index is 13.6. The molecule has 6 aromatic rings. The van der Waals surface area contributed by atoms with Crippen LogP contribution in [0.15, 0.2) is 104 Å². The topological polar surface area (TPSA) is 122 Å². The Morgan fingerprint density at radius 2 is 1.88 bits per heavy atom. The van der Waals surface area contributed by atoms with Gasteiger partial charge in [0.15, 0.2) is 11.5 Å². The molecule has 0 saturated heterocycles. The molecule has 12 heteroatoms. The molecule has 0 saturated carbocycles. The van der Waals surface area contributed by atoms with Crippen LogP contribution in [0.5, 0.6) is 11.5 Å². The maximum absolute atomic E-state index is 13.6. The molecule has 0 spiro atoms. The molecule has 214 valence electrons. The highest BCUT2D eigenvalue weighted by molar-refractivity contribution is 9.10. The summed E-state index contributed by atoms with van der Waals surface area (Å²) in [7, 11) is 1.38. The van der Waals surface area contributed by atoms with Crippen molar-refractivity contribution in [2.75, 3.05) is 7.11 Å². The molecule has 0 aliphatic heterocycles. The van der Waals surface area contributed by atoms with E-state index in [-0.39, 0.29) is 29.6 Å². The number of aromatic nitrogens is 2. The van der Waals surface area contributed by atoms with Crippen molar-refractivity contribution >= 4 is 61.3 Å². The first-order chi connectivity index (χ1) is 20.8. The number of benzene rings is 4. The summed E-state index contributed by atoms with van der Waals surface area (Å²) < 4.78 is 19.3. The zero-order valence-corrected chi connectivity index (χ0v) is 24.7. The summed E-state index contributed by atoms with van der Waals surface area (Å²) in [5.41, 5.74) is 1.35. The van der Waals surface area contributed by atoms with Gasteiger partial charge in [-0.2, -0.15) is 9.78 Å². The van der Waals surface area contributed by atoms with Crippen molar-refractivity contribution in [3.8, 4) is 23.1 Å². The number of para-hydroxylation sites is 1. The SMILES string of the molecule is COc1cc(C=Nn2c(-c3cc4cc(Br)ccc4o3)nc3ccccc3c2=O)cc([N+](=O)[O-])c1OCc1ccc(Cl)cc1. The summed E-state index contributed by atoms with van der Waals surface area (Å²) in [5.74, 6) is 0.564. The highest BCUT2D eigenvalue weighted by Gasteiger charge is 2.23. The third-order valence-corrected chi connectivity index (χ3v) is 7.29. The lowest BCUT2D eigenvalue weighted by atomic mass is 10.1. The van der Waals surface area contributed by atoms with Gasteiger partial charge < -0.3 is 13.9 Å². The van der Waals surface area contributed by atoms with Gasteiger partial charge in [0.1, 0.15) is 12.2 Å². The Kier molecular flexibility index (Phi) is 7.66. The smallest absolute Gasteiger partial charge is 0.315 e. The van der Waals surface area contributed by atoms with Crippen LogP contribution in [0.2, 0.25) is 5.02 Å². The molecule has 0 radical (unpaired) electrons. The highest BCUT2D eigenvalue weighted by Crippen LogP contribution is 2.38. The quantitative estimate of drug-likeness (QED) is 0.0937. The van der Waals surface area contributed by atoms with Gasteiger partial charge in [0.2, 0.25) is 11.6 Å². The lowest BCUT2D eigenvalue weighted by Gasteiger charge is -2.12. The number of nitrogens with zero attached hydrogens (tertiary/aromatic N) is 4. The fraction of sp³-hybridized carbons (Fsp3) is 0.0645. The van der Waals surface area contributed by atoms with Crippen LogP contribution in [-0.4, -0.2) is 27.9 Å². The van der Waals surface area contributed by atoms with Gasteiger partial charge in [-0.15, -0.1) is 0 Å². The van der Waals surface area contributed by atoms with Crippen molar-refractivity contribution in [2.24, 2.45) is 5.10 Å². The fourth-order valence-corrected chi connectivity index (χ4v) is 5.00. The van der Waals surface area contributed by atoms with E-state index < -0.39 is 10.5 Å². The normalized spacial score (nSPS) is 11.4. The van der Waals surface area contributed by atoms with E-state index in [1.165, 1.54) is 25.5 Å². The number of nitro benzene ring substituents is 1. The summed E-state index contributed by atoms with van der Waals surface area (Å²) in [4.78, 5) is 29.8. The first-order valence-electron chi connectivity index (χ1n) is 12.8. The molecule has 43 heavy (non-hydrogen) atoms. The largest absolute Gasteiger partial charge is 0.493 e. The van der Waals surface area contributed by atoms with E-state index in [0.717, 1.165) is 20.1 Å². The molecule has 6 rings (SSSR count). The molecule has 0 aliphatic rings. The Bertz CT molecular complexity index is 2110. The van der Waals surface area contributed by atoms with Gasteiger partial charge in [-0.3, -0.25) is 14.9 Å². The number of halogens is 2. The number of furan rings is 1. The van der Waals surface area contributed by atoms with Crippen molar-refractivity contribution in [2.45, 2.75) is 6.61 Å². The summed E-state index contributed by atoms with van der Waals surface area (Å²) in [6, 6.07) is 23.9. The molecule has 0 aliphatic carbocycles. The van der Waals surface area contributed by atoms with Crippen molar-refractivity contribution in [1.82, 2.24) is 9.66 Å². The van der Waals surface area contributed by atoms with Crippen LogP contribution in [0.1, 0.15) is 11.1 Å². The van der Waals surface area contributed by atoms with Crippen molar-refractivity contribution in [3.63, 3.8) is 0 Å². The molecule has 4 aromatic carbocycles. The summed E-state index contributed by atoms with van der Waals surface area (Å²) in [6.07, 6.45) is 1.32. The third kappa shape index (κ3) is 5.72. The average Bonchev–Trinajstić information content (AvgIpc) is 3.43. The zero-order valence-electron chi connectivity index (χ0n) is 22.4. The molecular formula is C31H20BrClN4O6. The number of rotatable bonds is 8. The van der Waals surface area contributed by atoms with Gasteiger partial charge in [0.05, 0.1) is 29.2 Å². The van der Waals surface area contributed by atoms with Crippen LogP contribution in [0.3, 0.4) is 0 Å². The second-order valence-electron chi connectivity index (χ2n) is 9.35. The Morgan fingerprint density at radius 3 is 2.65 bits per heavy atom. The minimum absolute atomic E-state index is 0.0433. The molecule has 0 fully saturated rings. The summed E-state index contributed by atoms with van der Waals surface area (Å²) in [5, 5.41) is 18.2. The average molecular weight is 660 g/mol. The summed E-state index contributed by atoms with van der Waals surface area (Å²) >= 11 is 9.40. The highest BCUT2D eigenvalue weighted by atomic mass is 79.9. The Hall–Kier alpha value is -5.00. The molecule has 0 N–H and O–H groups in total. The van der Waals surface area contributed by atoms with Gasteiger partial charge in [0, 0.05) is 26.5 Å². The van der Waals surface area contributed by atoms with Gasteiger partial charge in [-0.1, -0.05) is 51.8 Å². The lowest BCUT2D eigenvalue weighted by Crippen LogP contribution is -2.20. The van der Waals surface area contributed by atoms with Gasteiger partial charge in [0.25, 0.3) is 5.56 Å². The molecule has 2 heterocycles. The second-order valence-corrected chi connectivity index (χ2v) is 10.7. The standard InChI is InChI=1S/C31H20BrClN4O6/c1-41-27-13-19(12-25(37(39)40)29(27)42-17-18-6-9-22(33)10-7-18)16-34-36-30(35-24-5-3-2-4-23(24)31(36)38)28-15-20-14-21(32)8-11-26(20)43-28/h2-16H,17H2,1H3. The van der Waals surface area contributed by atoms with E-state index in [9.17, 15) is 14.9 Å². The Labute approximate surface area is 257 Å². The van der Waals surface area contributed by atoms with Crippen LogP contribution in [0.25, 0.3) is 33.5 Å². The van der Waals surface area contributed by atoms with Crippen LogP contribution >= 0.6 is 27.5 Å². The molecule has 0 bridgehead atoms. The first kappa shape index (κ1) is 28.1. The van der Waals surface area contributed by atoms with E-state index in [4.69, 9.17) is 25.5 Å². The van der Waals surface area contributed by atoms with E-state index in [1.54, 1.807) is 60.7 Å². The Balaban J connectivity index is 1.43. The summed E-state index contributed by atoms with van der Waals surface area (Å²) in [6.45, 7) is 0.0530. The van der Waals surface area contributed by atoms with Gasteiger partial charge in [-0.25, -0.2) is 4.98 Å². The van der Waals surface area contributed by atoms with Crippen LogP contribution < -0.4 is 15.0 Å². The van der Waals surface area contributed by atoms with E-state index >= 15 is 0 Å². The van der Waals surface area contributed by atoms with E-state index in [0.29, 0.717) is 32.8 Å². The van der Waals surface area contributed by atoms with Crippen molar-refractivity contribution < 1.29 is 18.8 Å². The Morgan fingerprint density at radius 1 is 1.09 bits per heavy atom. The minimum atomic E-state index is -0.571. The number of hydrogen-bond donors (Lipinski definition) is 0. The van der Waals surface area contributed by atoms with E-state index in [2.05, 4.69) is 26.0 Å². The predicted molar refractivity (Wildman–Crippen MR) is 167 cm³/mol. The van der Waals surface area contributed by atoms with Crippen LogP contribution in [-0.2, 0) is 6.61 Å². The second kappa shape index (κ2) is 11.7. The molecule has 0 unspecified atom stereocenters. The number of methoxy groups -OCH3 is 1. The number of ether oxygens (including phenoxy) is 2. The van der Waals surface area contributed by atoms with Gasteiger partial charge in [-0.05, 0) is 60.2 Å². The lowest BCUT2D eigenvalue weighted by molar-refractivity contribution is -0.386. The van der Waals surface area contributed by atoms with E-state index in [1.807, 2.05) is 12.1 Å². The molecule has 0 atom stereocenters. The molecular weight excluding hydrogens is 640 g/mol. The maximum Gasteiger partial charge on any atom is 0.315 e. The predicted octanol–water partition coefficient (Wildman–Crippen LogP) is 7.60. The van der Waals surface area contributed by atoms with Crippen LogP contribution in [0.4, 0.5) is 5.69 Å². The zero-order chi connectivity index (χ0) is 30.1. The number of nitro groups is 1. The number of hydrogen-bond acceptors (Lipinski definition) is 8. The number of fused-ring (bicyclic) bond motifs is 2. The fourth-order valence-electron chi connectivity index (χ4n) is 4.49. The molecule has 2 aromatic heterocycles. The minimum Gasteiger partial charge on any atom is -0.493 e. The van der Waals surface area contributed by atoms with Gasteiger partial charge >= 0.3 is 5.69 Å². The molecule has 10 nitrogen and oxygen atoms in total. The van der Waals surface area contributed by atoms with Crippen molar-refractivity contribution in [1.29, 1.82) is 0 Å². The first-order valence-corrected chi connectivity index (χ1v) is 14.0. The monoisotopic (exact) mass is 658 g/mol. The molecule has 0 amide bonds. The van der Waals surface area contributed by atoms with Crippen molar-refractivity contribution in [3.05, 3.63) is 126 Å². The van der Waals surface area contributed by atoms with Crippen LogP contribution in [0, 0.1) is 10.1 Å².